The van der Waals surface area contributed by atoms with Crippen LogP contribution in [0.2, 0.25) is 0 Å². The molecule has 2 fully saturated rings. The number of nitrogens with one attached hydrogen (secondary N) is 1. The van der Waals surface area contributed by atoms with E-state index in [0.717, 1.165) is 25.3 Å². The van der Waals surface area contributed by atoms with Crippen molar-refractivity contribution >= 4 is 33.4 Å². The predicted octanol–water partition coefficient (Wildman–Crippen LogP) is 1.54. The average Bonchev–Trinajstić information content (AvgIpc) is 3.35. The minimum absolute atomic E-state index is 0.0235. The molecule has 176 valence electrons. The van der Waals surface area contributed by atoms with Gasteiger partial charge in [-0.1, -0.05) is 13.8 Å². The Morgan fingerprint density at radius 2 is 2.06 bits per heavy atom. The highest BCUT2D eigenvalue weighted by Crippen LogP contribution is 2.48. The van der Waals surface area contributed by atoms with Gasteiger partial charge in [-0.3, -0.25) is 9.59 Å². The summed E-state index contributed by atoms with van der Waals surface area (Å²) in [6.45, 7) is 4.60. The summed E-state index contributed by atoms with van der Waals surface area (Å²) in [5, 5.41) is 14.1. The van der Waals surface area contributed by atoms with Crippen molar-refractivity contribution in [1.29, 1.82) is 0 Å². The van der Waals surface area contributed by atoms with Gasteiger partial charge in [0.1, 0.15) is 16.2 Å². The standard InChI is InChI=1S/C22H26N4O6S/c1-10(2)7-8-26-18-14-6-5-13(32-14)16(18)19(27)17(22(26)29)21-24-12-4-3-11(20(23)28)9-15(12)33(30,31)25-21/h3-4,9-10,13-14,16,18,27H,5-8H2,1-2H3,(H2,23,28)(H,24,25). The molecule has 10 nitrogen and oxygen atoms in total. The van der Waals surface area contributed by atoms with E-state index in [1.165, 1.54) is 12.1 Å². The molecule has 33 heavy (non-hydrogen) atoms. The summed E-state index contributed by atoms with van der Waals surface area (Å²) in [5.74, 6) is -1.72. The predicted molar refractivity (Wildman–Crippen MR) is 119 cm³/mol. The lowest BCUT2D eigenvalue weighted by molar-refractivity contribution is -0.132. The fourth-order valence-corrected chi connectivity index (χ4v) is 6.38. The number of carbonyl (C=O) groups excluding carboxylic acids is 2. The molecule has 4 unspecified atom stereocenters. The zero-order valence-corrected chi connectivity index (χ0v) is 19.1. The number of hydrogen-bond donors (Lipinski definition) is 3. The molecule has 5 rings (SSSR count). The molecule has 4 heterocycles. The number of ether oxygens (including phenoxy) is 1. The van der Waals surface area contributed by atoms with Gasteiger partial charge in [0, 0.05) is 12.1 Å². The number of sulfonamides is 1. The maximum atomic E-state index is 13.6. The Hall–Kier alpha value is -2.92. The molecule has 0 saturated carbocycles. The van der Waals surface area contributed by atoms with Crippen LogP contribution in [0.1, 0.15) is 43.5 Å². The number of aliphatic hydroxyl groups is 1. The number of nitrogens with zero attached hydrogens (tertiary/aromatic N) is 2. The first-order valence-corrected chi connectivity index (χ1v) is 12.5. The van der Waals surface area contributed by atoms with Gasteiger partial charge in [-0.25, -0.2) is 0 Å². The first-order chi connectivity index (χ1) is 15.6. The zero-order chi connectivity index (χ0) is 23.7. The van der Waals surface area contributed by atoms with Gasteiger partial charge in [0.25, 0.3) is 15.9 Å². The van der Waals surface area contributed by atoms with Gasteiger partial charge in [-0.05, 0) is 43.4 Å². The van der Waals surface area contributed by atoms with Crippen molar-refractivity contribution in [2.75, 3.05) is 11.9 Å². The molecule has 0 radical (unpaired) electrons. The summed E-state index contributed by atoms with van der Waals surface area (Å²) in [7, 11) is -4.25. The normalized spacial score (nSPS) is 29.6. The van der Waals surface area contributed by atoms with Gasteiger partial charge >= 0.3 is 0 Å². The lowest BCUT2D eigenvalue weighted by atomic mass is 9.77. The molecule has 4 atom stereocenters. The smallest absolute Gasteiger partial charge is 0.286 e. The minimum Gasteiger partial charge on any atom is -0.511 e. The number of amidine groups is 1. The molecular formula is C22H26N4O6S. The summed E-state index contributed by atoms with van der Waals surface area (Å²) in [6, 6.07) is 3.65. The average molecular weight is 475 g/mol. The summed E-state index contributed by atoms with van der Waals surface area (Å²) < 4.78 is 35.7. The molecule has 1 aromatic rings. The van der Waals surface area contributed by atoms with Gasteiger partial charge in [-0.15, -0.1) is 4.40 Å². The van der Waals surface area contributed by atoms with Crippen LogP contribution in [-0.2, 0) is 19.6 Å². The lowest BCUT2D eigenvalue weighted by Gasteiger charge is -2.42. The van der Waals surface area contributed by atoms with Crippen LogP contribution in [-0.4, -0.2) is 60.9 Å². The number of benzene rings is 1. The molecular weight excluding hydrogens is 448 g/mol. The number of nitrogens with two attached hydrogens (primary N) is 1. The molecule has 4 N–H and O–H groups in total. The Morgan fingerprint density at radius 1 is 1.33 bits per heavy atom. The topological polar surface area (TPSA) is 151 Å². The van der Waals surface area contributed by atoms with Gasteiger partial charge < -0.3 is 25.8 Å². The molecule has 4 aliphatic heterocycles. The number of carbonyl (C=O) groups is 2. The third-order valence-corrected chi connectivity index (χ3v) is 8.15. The van der Waals surface area contributed by atoms with E-state index in [2.05, 4.69) is 23.6 Å². The number of anilines is 1. The summed E-state index contributed by atoms with van der Waals surface area (Å²) in [4.78, 5) is 26.6. The maximum absolute atomic E-state index is 13.6. The van der Waals surface area contributed by atoms with Crippen LogP contribution >= 0.6 is 0 Å². The fraction of sp³-hybridized carbons (Fsp3) is 0.500. The van der Waals surface area contributed by atoms with Crippen molar-refractivity contribution in [3.63, 3.8) is 0 Å². The molecule has 1 aromatic carbocycles. The summed E-state index contributed by atoms with van der Waals surface area (Å²) in [5.41, 5.74) is 5.29. The summed E-state index contributed by atoms with van der Waals surface area (Å²) in [6.07, 6.45) is 1.99. The Labute approximate surface area is 191 Å². The highest BCUT2D eigenvalue weighted by molar-refractivity contribution is 7.90. The second-order valence-corrected chi connectivity index (χ2v) is 10.9. The van der Waals surface area contributed by atoms with E-state index in [1.54, 1.807) is 4.90 Å². The van der Waals surface area contributed by atoms with E-state index < -0.39 is 27.8 Å². The SMILES string of the molecule is CC(C)CCN1C(=O)C(C2=NS(=O)(=O)c3cc(C(N)=O)ccc3N2)=C(O)C2C3CCC(O3)C21. The Morgan fingerprint density at radius 3 is 2.76 bits per heavy atom. The second-order valence-electron chi connectivity index (χ2n) is 9.36. The van der Waals surface area contributed by atoms with E-state index in [1.807, 2.05) is 0 Å². The number of aliphatic hydroxyl groups excluding tert-OH is 1. The quantitative estimate of drug-likeness (QED) is 0.585. The number of amides is 2. The first-order valence-electron chi connectivity index (χ1n) is 11.0. The van der Waals surface area contributed by atoms with E-state index in [9.17, 15) is 23.1 Å². The molecule has 2 saturated heterocycles. The van der Waals surface area contributed by atoms with Gasteiger partial charge in [0.15, 0.2) is 5.84 Å². The van der Waals surface area contributed by atoms with E-state index in [0.29, 0.717) is 12.5 Å². The van der Waals surface area contributed by atoms with Crippen molar-refractivity contribution < 1.29 is 27.9 Å². The van der Waals surface area contributed by atoms with Crippen LogP contribution in [0.4, 0.5) is 5.69 Å². The van der Waals surface area contributed by atoms with Crippen LogP contribution in [0.25, 0.3) is 0 Å². The molecule has 0 aliphatic carbocycles. The molecule has 2 amide bonds. The first kappa shape index (κ1) is 21.9. The van der Waals surface area contributed by atoms with E-state index >= 15 is 0 Å². The van der Waals surface area contributed by atoms with Crippen LogP contribution in [0.15, 0.2) is 38.8 Å². The van der Waals surface area contributed by atoms with Crippen LogP contribution < -0.4 is 11.1 Å². The number of primary amides is 1. The molecule has 11 heteroatoms. The third kappa shape index (κ3) is 3.41. The van der Waals surface area contributed by atoms with Crippen LogP contribution in [0, 0.1) is 11.8 Å². The van der Waals surface area contributed by atoms with Gasteiger partial charge in [0.05, 0.1) is 29.9 Å². The number of fused-ring (bicyclic) bond motifs is 6. The largest absolute Gasteiger partial charge is 0.511 e. The van der Waals surface area contributed by atoms with Crippen molar-refractivity contribution in [2.45, 2.75) is 56.3 Å². The van der Waals surface area contributed by atoms with Crippen LogP contribution in [0.5, 0.6) is 0 Å². The zero-order valence-electron chi connectivity index (χ0n) is 18.3. The fourth-order valence-electron chi connectivity index (χ4n) is 5.23. The minimum atomic E-state index is -4.25. The Kier molecular flexibility index (Phi) is 5.02. The number of rotatable bonds is 5. The molecule has 0 aromatic heterocycles. The van der Waals surface area contributed by atoms with Crippen molar-refractivity contribution in [3.05, 3.63) is 35.1 Å². The van der Waals surface area contributed by atoms with Crippen molar-refractivity contribution in [2.24, 2.45) is 22.0 Å². The Bertz CT molecular complexity index is 1220. The monoisotopic (exact) mass is 474 g/mol. The molecule has 2 bridgehead atoms. The van der Waals surface area contributed by atoms with E-state index in [-0.39, 0.29) is 51.6 Å². The Balaban J connectivity index is 1.58. The molecule has 0 spiro atoms. The highest BCUT2D eigenvalue weighted by Gasteiger charge is 2.58. The van der Waals surface area contributed by atoms with Gasteiger partial charge in [0.2, 0.25) is 5.91 Å². The van der Waals surface area contributed by atoms with Crippen LogP contribution in [0.3, 0.4) is 0 Å². The number of hydrogen-bond acceptors (Lipinski definition) is 7. The maximum Gasteiger partial charge on any atom is 0.286 e. The lowest BCUT2D eigenvalue weighted by Crippen LogP contribution is -2.56. The van der Waals surface area contributed by atoms with Gasteiger partial charge in [-0.2, -0.15) is 8.42 Å². The van der Waals surface area contributed by atoms with Crippen molar-refractivity contribution in [1.82, 2.24) is 4.90 Å². The second kappa shape index (κ2) is 7.56. The summed E-state index contributed by atoms with van der Waals surface area (Å²) >= 11 is 0. The van der Waals surface area contributed by atoms with Crippen molar-refractivity contribution in [3.8, 4) is 0 Å². The highest BCUT2D eigenvalue weighted by atomic mass is 32.2. The van der Waals surface area contributed by atoms with E-state index in [4.69, 9.17) is 10.5 Å². The third-order valence-electron chi connectivity index (χ3n) is 6.83. The molecule has 4 aliphatic rings.